The number of amides is 1. The minimum absolute atomic E-state index is 0.124. The number of nitriles is 1. The lowest BCUT2D eigenvalue weighted by Crippen LogP contribution is -2.38. The zero-order valence-corrected chi connectivity index (χ0v) is 9.89. The Morgan fingerprint density at radius 3 is 2.65 bits per heavy atom. The molecule has 1 amide bonds. The van der Waals surface area contributed by atoms with Gasteiger partial charge in [0.25, 0.3) is 0 Å². The molecule has 0 aliphatic carbocycles. The number of nitrogens with two attached hydrogens (primary N) is 1. The number of hydrogen-bond acceptors (Lipinski definition) is 3. The first-order valence-corrected chi connectivity index (χ1v) is 5.61. The lowest BCUT2D eigenvalue weighted by molar-refractivity contribution is -0.122. The Morgan fingerprint density at radius 2 is 2.12 bits per heavy atom. The van der Waals surface area contributed by atoms with Gasteiger partial charge in [0.1, 0.15) is 0 Å². The maximum Gasteiger partial charge on any atom is 0.229 e. The van der Waals surface area contributed by atoms with Gasteiger partial charge in [-0.25, -0.2) is 0 Å². The summed E-state index contributed by atoms with van der Waals surface area (Å²) in [6, 6.07) is 11.3. The fraction of sp³-hybridized carbons (Fsp3) is 0.385. The molecule has 17 heavy (non-hydrogen) atoms. The Morgan fingerprint density at radius 1 is 1.47 bits per heavy atom. The number of rotatable bonds is 5. The van der Waals surface area contributed by atoms with E-state index in [4.69, 9.17) is 11.0 Å². The monoisotopic (exact) mass is 231 g/mol. The number of nitrogens with one attached hydrogen (secondary N) is 1. The van der Waals surface area contributed by atoms with Gasteiger partial charge in [0.2, 0.25) is 5.91 Å². The average molecular weight is 231 g/mol. The highest BCUT2D eigenvalue weighted by atomic mass is 16.1. The summed E-state index contributed by atoms with van der Waals surface area (Å²) in [7, 11) is 0. The largest absolute Gasteiger partial charge is 0.352 e. The van der Waals surface area contributed by atoms with Gasteiger partial charge in [-0.3, -0.25) is 4.79 Å². The zero-order valence-electron chi connectivity index (χ0n) is 9.89. The van der Waals surface area contributed by atoms with Crippen LogP contribution in [0.1, 0.15) is 24.8 Å². The molecule has 0 aromatic heterocycles. The molecular formula is C13H17N3O. The highest BCUT2D eigenvalue weighted by molar-refractivity contribution is 5.84. The highest BCUT2D eigenvalue weighted by Crippen LogP contribution is 2.14. The number of carbonyl (C=O) groups excluding carboxylic acids is 1. The van der Waals surface area contributed by atoms with Crippen LogP contribution in [0.5, 0.6) is 0 Å². The second-order valence-electron chi connectivity index (χ2n) is 3.97. The van der Waals surface area contributed by atoms with Gasteiger partial charge in [0.05, 0.1) is 18.4 Å². The van der Waals surface area contributed by atoms with Gasteiger partial charge in [-0.15, -0.1) is 0 Å². The minimum atomic E-state index is -0.350. The second-order valence-corrected chi connectivity index (χ2v) is 3.97. The molecule has 0 bridgehead atoms. The fourth-order valence-electron chi connectivity index (χ4n) is 1.61. The van der Waals surface area contributed by atoms with Crippen LogP contribution in [0.2, 0.25) is 0 Å². The third kappa shape index (κ3) is 3.89. The van der Waals surface area contributed by atoms with E-state index in [1.54, 1.807) is 6.92 Å². The first kappa shape index (κ1) is 13.2. The van der Waals surface area contributed by atoms with Crippen LogP contribution < -0.4 is 11.1 Å². The number of carbonyl (C=O) groups is 1. The highest BCUT2D eigenvalue weighted by Gasteiger charge is 2.19. The van der Waals surface area contributed by atoms with E-state index < -0.39 is 0 Å². The van der Waals surface area contributed by atoms with E-state index in [1.165, 1.54) is 0 Å². The number of benzene rings is 1. The topological polar surface area (TPSA) is 78.9 Å². The Balaban J connectivity index is 2.69. The van der Waals surface area contributed by atoms with Crippen molar-refractivity contribution in [3.63, 3.8) is 0 Å². The van der Waals surface area contributed by atoms with Crippen molar-refractivity contribution >= 4 is 5.91 Å². The summed E-state index contributed by atoms with van der Waals surface area (Å²) in [5, 5.41) is 11.3. The van der Waals surface area contributed by atoms with E-state index in [0.717, 1.165) is 5.56 Å². The molecule has 3 N–H and O–H groups in total. The van der Waals surface area contributed by atoms with Crippen LogP contribution in [0.15, 0.2) is 30.3 Å². The van der Waals surface area contributed by atoms with Crippen molar-refractivity contribution in [1.82, 2.24) is 5.32 Å². The van der Waals surface area contributed by atoms with E-state index in [9.17, 15) is 4.79 Å². The van der Waals surface area contributed by atoms with Crippen molar-refractivity contribution in [2.75, 3.05) is 6.54 Å². The van der Waals surface area contributed by atoms with E-state index in [0.29, 0.717) is 6.42 Å². The second kappa shape index (κ2) is 6.66. The summed E-state index contributed by atoms with van der Waals surface area (Å²) in [6.45, 7) is 2.06. The van der Waals surface area contributed by atoms with E-state index in [-0.39, 0.29) is 24.4 Å². The summed E-state index contributed by atoms with van der Waals surface area (Å²) < 4.78 is 0. The molecule has 0 spiro atoms. The number of hydrogen-bond donors (Lipinski definition) is 2. The Bertz CT molecular complexity index is 397. The molecule has 0 aliphatic rings. The minimum Gasteiger partial charge on any atom is -0.352 e. The summed E-state index contributed by atoms with van der Waals surface area (Å²) in [5.74, 6) is -0.473. The molecule has 4 heteroatoms. The van der Waals surface area contributed by atoms with Gasteiger partial charge in [-0.1, -0.05) is 30.3 Å². The number of nitrogens with zero attached hydrogens (tertiary/aromatic N) is 1. The molecule has 0 saturated carbocycles. The Labute approximate surface area is 101 Å². The van der Waals surface area contributed by atoms with Gasteiger partial charge in [-0.05, 0) is 12.5 Å². The van der Waals surface area contributed by atoms with Gasteiger partial charge >= 0.3 is 0 Å². The molecule has 0 radical (unpaired) electrons. The standard InChI is InChI=1S/C13H17N3O/c1-10(7-8-14)16-13(17)12(9-15)11-5-3-2-4-6-11/h2-6,10,12H,7,9,15H2,1H3,(H,16,17). The van der Waals surface area contributed by atoms with Gasteiger partial charge in [-0.2, -0.15) is 5.26 Å². The molecule has 2 atom stereocenters. The lowest BCUT2D eigenvalue weighted by atomic mass is 9.98. The molecule has 1 aromatic carbocycles. The first-order chi connectivity index (χ1) is 8.19. The van der Waals surface area contributed by atoms with Crippen molar-refractivity contribution in [2.24, 2.45) is 5.73 Å². The van der Waals surface area contributed by atoms with Gasteiger partial charge < -0.3 is 11.1 Å². The van der Waals surface area contributed by atoms with Crippen molar-refractivity contribution in [3.8, 4) is 6.07 Å². The third-order valence-electron chi connectivity index (χ3n) is 2.54. The molecule has 90 valence electrons. The summed E-state index contributed by atoms with van der Waals surface area (Å²) >= 11 is 0. The van der Waals surface area contributed by atoms with E-state index in [2.05, 4.69) is 5.32 Å². The van der Waals surface area contributed by atoms with Crippen molar-refractivity contribution in [3.05, 3.63) is 35.9 Å². The predicted molar refractivity (Wildman–Crippen MR) is 66.1 cm³/mol. The SMILES string of the molecule is CC(CC#N)NC(=O)C(CN)c1ccccc1. The van der Waals surface area contributed by atoms with Crippen molar-refractivity contribution in [2.45, 2.75) is 25.3 Å². The predicted octanol–water partition coefficient (Wildman–Crippen LogP) is 1.15. The average Bonchev–Trinajstić information content (AvgIpc) is 2.31. The molecule has 2 unspecified atom stereocenters. The Kier molecular flexibility index (Phi) is 5.18. The molecular weight excluding hydrogens is 214 g/mol. The van der Waals surface area contributed by atoms with E-state index >= 15 is 0 Å². The van der Waals surface area contributed by atoms with Gasteiger partial charge in [0, 0.05) is 12.6 Å². The zero-order chi connectivity index (χ0) is 12.7. The van der Waals surface area contributed by atoms with Crippen molar-refractivity contribution in [1.29, 1.82) is 5.26 Å². The Hall–Kier alpha value is -1.86. The molecule has 0 fully saturated rings. The quantitative estimate of drug-likeness (QED) is 0.797. The van der Waals surface area contributed by atoms with Crippen LogP contribution in [0.25, 0.3) is 0 Å². The van der Waals surface area contributed by atoms with Crippen LogP contribution in [0, 0.1) is 11.3 Å². The maximum atomic E-state index is 12.0. The summed E-state index contributed by atoms with van der Waals surface area (Å²) in [4.78, 5) is 12.0. The molecule has 0 heterocycles. The lowest BCUT2D eigenvalue weighted by Gasteiger charge is -2.17. The molecule has 0 saturated heterocycles. The maximum absolute atomic E-state index is 12.0. The van der Waals surface area contributed by atoms with Crippen molar-refractivity contribution < 1.29 is 4.79 Å². The molecule has 1 rings (SSSR count). The van der Waals surface area contributed by atoms with Crippen LogP contribution >= 0.6 is 0 Å². The van der Waals surface area contributed by atoms with Crippen LogP contribution in [0.4, 0.5) is 0 Å². The van der Waals surface area contributed by atoms with Crippen LogP contribution in [-0.2, 0) is 4.79 Å². The van der Waals surface area contributed by atoms with Crippen LogP contribution in [-0.4, -0.2) is 18.5 Å². The molecule has 1 aromatic rings. The summed E-state index contributed by atoms with van der Waals surface area (Å²) in [6.07, 6.45) is 0.303. The molecule has 0 aliphatic heterocycles. The van der Waals surface area contributed by atoms with Gasteiger partial charge in [0.15, 0.2) is 0 Å². The fourth-order valence-corrected chi connectivity index (χ4v) is 1.61. The summed E-state index contributed by atoms with van der Waals surface area (Å²) in [5.41, 5.74) is 6.53. The van der Waals surface area contributed by atoms with E-state index in [1.807, 2.05) is 36.4 Å². The third-order valence-corrected chi connectivity index (χ3v) is 2.54. The first-order valence-electron chi connectivity index (χ1n) is 5.61. The normalized spacial score (nSPS) is 13.5. The van der Waals surface area contributed by atoms with Crippen LogP contribution in [0.3, 0.4) is 0 Å². The smallest absolute Gasteiger partial charge is 0.229 e. The molecule has 4 nitrogen and oxygen atoms in total.